The second-order valence-corrected chi connectivity index (χ2v) is 7.44. The van der Waals surface area contributed by atoms with Crippen molar-refractivity contribution in [2.24, 2.45) is 0 Å². The molecule has 4 rings (SSSR count). The molecular weight excluding hydrogens is 467 g/mol. The van der Waals surface area contributed by atoms with Crippen molar-refractivity contribution in [3.8, 4) is 22.5 Å². The summed E-state index contributed by atoms with van der Waals surface area (Å²) in [5, 5.41) is 12.7. The van der Waals surface area contributed by atoms with Crippen LogP contribution in [0.2, 0.25) is 0 Å². The first-order valence-corrected chi connectivity index (χ1v) is 10.9. The van der Waals surface area contributed by atoms with Gasteiger partial charge in [-0.05, 0) is 59.7 Å². The summed E-state index contributed by atoms with van der Waals surface area (Å²) < 4.78 is 23.9. The first kappa shape index (κ1) is 26.1. The molecule has 0 bridgehead atoms. The molecule has 2 amide bonds. The van der Waals surface area contributed by atoms with Crippen molar-refractivity contribution in [3.05, 3.63) is 83.7 Å². The van der Waals surface area contributed by atoms with Crippen molar-refractivity contribution < 1.29 is 33.0 Å². The van der Waals surface area contributed by atoms with Gasteiger partial charge >= 0.3 is 5.97 Å². The molecule has 0 aliphatic rings. The highest BCUT2D eigenvalue weighted by atomic mass is 19.1. The molecule has 1 heterocycles. The predicted molar refractivity (Wildman–Crippen MR) is 133 cm³/mol. The maximum Gasteiger partial charge on any atom is 0.325 e. The summed E-state index contributed by atoms with van der Waals surface area (Å²) in [7, 11) is 3.77. The fourth-order valence-corrected chi connectivity index (χ4v) is 3.60. The minimum absolute atomic E-state index is 0.234. The minimum atomic E-state index is -0.548. The van der Waals surface area contributed by atoms with Crippen LogP contribution in [0.25, 0.3) is 33.4 Å². The molecule has 1 aromatic heterocycles. The van der Waals surface area contributed by atoms with E-state index in [1.807, 2.05) is 18.2 Å². The summed E-state index contributed by atoms with van der Waals surface area (Å²) in [6.45, 7) is -0.234. The zero-order valence-corrected chi connectivity index (χ0v) is 19.9. The topological polar surface area (TPSA) is 118 Å². The van der Waals surface area contributed by atoms with Gasteiger partial charge in [0.25, 0.3) is 11.8 Å². The standard InChI is InChI=1S/C26H21FN2O5.CH4O/c1-28-26(32)23-20-13-17(8-11-21(20)34-24(23)15-6-9-19(27)10-7-15)16-4-3-5-18(12-16)25(31)29-14-22(30)33-2;1-2/h3-13H,14H2,1-2H3,(H,28,32)(H,29,31);2H,1H3. The molecule has 9 heteroatoms. The number of esters is 1. The smallest absolute Gasteiger partial charge is 0.325 e. The number of aliphatic hydroxyl groups excluding tert-OH is 1. The van der Waals surface area contributed by atoms with Gasteiger partial charge in [0.1, 0.15) is 23.7 Å². The molecule has 0 fully saturated rings. The molecule has 186 valence electrons. The van der Waals surface area contributed by atoms with E-state index in [9.17, 15) is 18.8 Å². The van der Waals surface area contributed by atoms with Crippen LogP contribution in [0.4, 0.5) is 4.39 Å². The van der Waals surface area contributed by atoms with Crippen molar-refractivity contribution in [1.82, 2.24) is 10.6 Å². The molecule has 0 spiro atoms. The molecule has 4 aromatic rings. The Morgan fingerprint density at radius 1 is 0.917 bits per heavy atom. The number of aliphatic hydroxyl groups is 1. The van der Waals surface area contributed by atoms with E-state index in [2.05, 4.69) is 15.4 Å². The van der Waals surface area contributed by atoms with Gasteiger partial charge in [-0.2, -0.15) is 0 Å². The van der Waals surface area contributed by atoms with Crippen LogP contribution in [0, 0.1) is 5.82 Å². The third-order valence-corrected chi connectivity index (χ3v) is 5.33. The fraction of sp³-hybridized carbons (Fsp3) is 0.148. The Hall–Kier alpha value is -4.50. The SMILES string of the molecule is CNC(=O)c1c(-c2ccc(F)cc2)oc2ccc(-c3cccc(C(=O)NCC(=O)OC)c3)cc12.CO. The Morgan fingerprint density at radius 3 is 2.25 bits per heavy atom. The van der Waals surface area contributed by atoms with Crippen molar-refractivity contribution >= 4 is 28.8 Å². The number of halogens is 1. The van der Waals surface area contributed by atoms with Crippen LogP contribution >= 0.6 is 0 Å². The third-order valence-electron chi connectivity index (χ3n) is 5.33. The van der Waals surface area contributed by atoms with Crippen molar-refractivity contribution in [1.29, 1.82) is 0 Å². The number of furan rings is 1. The van der Waals surface area contributed by atoms with Gasteiger partial charge in [-0.3, -0.25) is 14.4 Å². The molecule has 3 aromatic carbocycles. The zero-order valence-electron chi connectivity index (χ0n) is 19.9. The average Bonchev–Trinajstić information content (AvgIpc) is 3.31. The van der Waals surface area contributed by atoms with Crippen molar-refractivity contribution in [2.75, 3.05) is 27.8 Å². The van der Waals surface area contributed by atoms with Crippen LogP contribution in [-0.4, -0.2) is 50.7 Å². The first-order valence-electron chi connectivity index (χ1n) is 10.9. The summed E-state index contributed by atoms with van der Waals surface area (Å²) in [5.41, 5.74) is 3.26. The number of carbonyl (C=O) groups is 3. The number of fused-ring (bicyclic) bond motifs is 1. The average molecular weight is 493 g/mol. The Labute approximate surface area is 206 Å². The highest BCUT2D eigenvalue weighted by Gasteiger charge is 2.22. The van der Waals surface area contributed by atoms with Gasteiger partial charge in [0, 0.05) is 30.7 Å². The first-order chi connectivity index (χ1) is 17.4. The van der Waals surface area contributed by atoms with Gasteiger partial charge in [-0.25, -0.2) is 4.39 Å². The van der Waals surface area contributed by atoms with Crippen LogP contribution < -0.4 is 10.6 Å². The Kier molecular flexibility index (Phi) is 8.53. The second kappa shape index (κ2) is 11.8. The van der Waals surface area contributed by atoms with Gasteiger partial charge in [0.2, 0.25) is 0 Å². The molecule has 0 aliphatic heterocycles. The number of hydrogen-bond acceptors (Lipinski definition) is 6. The van der Waals surface area contributed by atoms with Crippen LogP contribution in [0.1, 0.15) is 20.7 Å². The summed E-state index contributed by atoms with van der Waals surface area (Å²) in [6.07, 6.45) is 0. The molecule has 0 radical (unpaired) electrons. The number of nitrogens with one attached hydrogen (secondary N) is 2. The van der Waals surface area contributed by atoms with Gasteiger partial charge < -0.3 is 24.9 Å². The fourth-order valence-electron chi connectivity index (χ4n) is 3.60. The summed E-state index contributed by atoms with van der Waals surface area (Å²) >= 11 is 0. The van der Waals surface area contributed by atoms with E-state index in [0.717, 1.165) is 18.2 Å². The lowest BCUT2D eigenvalue weighted by atomic mass is 9.99. The Bertz CT molecular complexity index is 1400. The number of methoxy groups -OCH3 is 1. The van der Waals surface area contributed by atoms with Crippen LogP contribution in [0.3, 0.4) is 0 Å². The summed E-state index contributed by atoms with van der Waals surface area (Å²) in [6, 6.07) is 18.0. The van der Waals surface area contributed by atoms with Gasteiger partial charge in [0.15, 0.2) is 0 Å². The highest BCUT2D eigenvalue weighted by Crippen LogP contribution is 2.36. The molecule has 0 unspecified atom stereocenters. The molecule has 8 nitrogen and oxygen atoms in total. The summed E-state index contributed by atoms with van der Waals surface area (Å²) in [4.78, 5) is 36.5. The zero-order chi connectivity index (χ0) is 26.2. The molecular formula is C27H25FN2O6. The summed E-state index contributed by atoms with van der Waals surface area (Å²) in [5.74, 6) is -1.36. The molecule has 0 saturated heterocycles. The quantitative estimate of drug-likeness (QED) is 0.353. The van der Waals surface area contributed by atoms with Crippen molar-refractivity contribution in [3.63, 3.8) is 0 Å². The maximum atomic E-state index is 13.4. The minimum Gasteiger partial charge on any atom is -0.468 e. The lowest BCUT2D eigenvalue weighted by Gasteiger charge is -2.07. The number of amides is 2. The third kappa shape index (κ3) is 5.59. The van der Waals surface area contributed by atoms with E-state index >= 15 is 0 Å². The lowest BCUT2D eigenvalue weighted by Crippen LogP contribution is -2.30. The number of carbonyl (C=O) groups excluding carboxylic acids is 3. The number of rotatable bonds is 6. The van der Waals surface area contributed by atoms with Gasteiger partial charge in [-0.1, -0.05) is 18.2 Å². The van der Waals surface area contributed by atoms with Gasteiger partial charge in [0.05, 0.1) is 12.7 Å². The normalized spacial score (nSPS) is 10.2. The van der Waals surface area contributed by atoms with Gasteiger partial charge in [-0.15, -0.1) is 0 Å². The molecule has 36 heavy (non-hydrogen) atoms. The molecule has 0 aliphatic carbocycles. The molecule has 0 saturated carbocycles. The largest absolute Gasteiger partial charge is 0.468 e. The second-order valence-electron chi connectivity index (χ2n) is 7.44. The van der Waals surface area contributed by atoms with E-state index < -0.39 is 11.9 Å². The molecule has 3 N–H and O–H groups in total. The highest BCUT2D eigenvalue weighted by molar-refractivity contribution is 6.11. The lowest BCUT2D eigenvalue weighted by molar-refractivity contribution is -0.139. The number of ether oxygens (including phenoxy) is 1. The van der Waals surface area contributed by atoms with E-state index in [1.54, 1.807) is 36.4 Å². The van der Waals surface area contributed by atoms with Crippen LogP contribution in [0.5, 0.6) is 0 Å². The maximum absolute atomic E-state index is 13.4. The van der Waals surface area contributed by atoms with Crippen LogP contribution in [0.15, 0.2) is 71.1 Å². The van der Waals surface area contributed by atoms with E-state index in [4.69, 9.17) is 9.52 Å². The number of hydrogen-bond donors (Lipinski definition) is 3. The van der Waals surface area contributed by atoms with Crippen LogP contribution in [-0.2, 0) is 9.53 Å². The van der Waals surface area contributed by atoms with E-state index in [0.29, 0.717) is 33.4 Å². The van der Waals surface area contributed by atoms with E-state index in [-0.39, 0.29) is 18.3 Å². The Balaban J connectivity index is 0.00000176. The monoisotopic (exact) mass is 492 g/mol. The Morgan fingerprint density at radius 2 is 1.58 bits per heavy atom. The van der Waals surface area contributed by atoms with E-state index in [1.165, 1.54) is 26.3 Å². The molecule has 0 atom stereocenters. The number of benzene rings is 3. The van der Waals surface area contributed by atoms with Crippen molar-refractivity contribution in [2.45, 2.75) is 0 Å². The predicted octanol–water partition coefficient (Wildman–Crippen LogP) is 3.78.